The van der Waals surface area contributed by atoms with Crippen molar-refractivity contribution in [2.75, 3.05) is 18.9 Å². The van der Waals surface area contributed by atoms with Gasteiger partial charge in [0.1, 0.15) is 17.4 Å². The van der Waals surface area contributed by atoms with Crippen LogP contribution >= 0.6 is 0 Å². The van der Waals surface area contributed by atoms with Gasteiger partial charge in [0.25, 0.3) is 0 Å². The summed E-state index contributed by atoms with van der Waals surface area (Å²) in [4.78, 5) is 27.7. The van der Waals surface area contributed by atoms with E-state index in [2.05, 4.69) is 25.5 Å². The molecule has 1 saturated carbocycles. The Morgan fingerprint density at radius 3 is 2.67 bits per heavy atom. The van der Waals surface area contributed by atoms with E-state index in [0.717, 1.165) is 18.7 Å². The highest BCUT2D eigenvalue weighted by Crippen LogP contribution is 2.35. The number of carbonyl (C=O) groups excluding carboxylic acids is 1. The van der Waals surface area contributed by atoms with Crippen LogP contribution in [0, 0.1) is 0 Å². The van der Waals surface area contributed by atoms with Gasteiger partial charge in [-0.05, 0) is 37.5 Å². The van der Waals surface area contributed by atoms with Gasteiger partial charge in [-0.25, -0.2) is 15.0 Å². The Morgan fingerprint density at radius 2 is 1.88 bits per heavy atom. The van der Waals surface area contributed by atoms with Crippen molar-refractivity contribution in [3.8, 4) is 22.8 Å². The van der Waals surface area contributed by atoms with Crippen LogP contribution in [0.15, 0.2) is 53.4 Å². The Morgan fingerprint density at radius 1 is 1.06 bits per heavy atom. The van der Waals surface area contributed by atoms with Crippen LogP contribution in [-0.4, -0.2) is 54.3 Å². The van der Waals surface area contributed by atoms with E-state index in [0.29, 0.717) is 40.5 Å². The molecule has 1 aliphatic heterocycles. The summed E-state index contributed by atoms with van der Waals surface area (Å²) in [7, 11) is 1.80. The van der Waals surface area contributed by atoms with E-state index in [9.17, 15) is 4.79 Å². The highest BCUT2D eigenvalue weighted by molar-refractivity contribution is 5.85. The van der Waals surface area contributed by atoms with Crippen molar-refractivity contribution in [1.29, 1.82) is 0 Å². The minimum Gasteiger partial charge on any atom is -0.360 e. The molecule has 1 N–H and O–H groups in total. The summed E-state index contributed by atoms with van der Waals surface area (Å²) in [5, 5.41) is 11.8. The number of anilines is 2. The maximum atomic E-state index is 12.3. The Bertz CT molecular complexity index is 1330. The number of nitrogens with zero attached hydrogens (tertiary/aromatic N) is 7. The Balaban J connectivity index is 1.23. The minimum absolute atomic E-state index is 0.0584. The van der Waals surface area contributed by atoms with E-state index in [1.165, 1.54) is 12.8 Å². The number of amides is 1. The third-order valence-corrected chi connectivity index (χ3v) is 6.01. The maximum Gasteiger partial charge on any atom is 0.233 e. The van der Waals surface area contributed by atoms with Crippen molar-refractivity contribution in [2.24, 2.45) is 0 Å². The summed E-state index contributed by atoms with van der Waals surface area (Å²) in [5.74, 6) is 0.830. The molecule has 1 saturated heterocycles. The number of hydrogen-bond acceptors (Lipinski definition) is 8. The van der Waals surface area contributed by atoms with Crippen LogP contribution in [0.25, 0.3) is 22.8 Å². The van der Waals surface area contributed by atoms with Crippen molar-refractivity contribution in [1.82, 2.24) is 34.8 Å². The monoisotopic (exact) mass is 442 g/mol. The topological polar surface area (TPSA) is 115 Å². The molecule has 1 aliphatic carbocycles. The second kappa shape index (κ2) is 7.80. The van der Waals surface area contributed by atoms with E-state index in [-0.39, 0.29) is 11.8 Å². The lowest BCUT2D eigenvalue weighted by Gasteiger charge is -2.07. The molecule has 10 nitrogen and oxygen atoms in total. The summed E-state index contributed by atoms with van der Waals surface area (Å²) in [5.41, 5.74) is 3.46. The second-order valence-electron chi connectivity index (χ2n) is 8.45. The normalized spacial score (nSPS) is 18.2. The molecular formula is C23H22N8O2. The molecule has 2 aliphatic rings. The standard InChI is InChI=1S/C23H22N8O2/c1-30-10-8-16(22(30)32)21-11-20(29-33-21)18-4-2-3-17(27-18)19-7-9-24-23(28-19)26-14-12-25-31(13-14)15-5-6-15/h2-4,7,9,11-13,15-16H,5-6,8,10H2,1H3,(H,24,26,28). The van der Waals surface area contributed by atoms with Gasteiger partial charge in [0.05, 0.1) is 35.0 Å². The predicted octanol–water partition coefficient (Wildman–Crippen LogP) is 3.41. The third-order valence-electron chi connectivity index (χ3n) is 6.01. The highest BCUT2D eigenvalue weighted by atomic mass is 16.5. The first-order valence-corrected chi connectivity index (χ1v) is 11.0. The Kier molecular flexibility index (Phi) is 4.63. The van der Waals surface area contributed by atoms with Crippen LogP contribution in [0.5, 0.6) is 0 Å². The Hall–Kier alpha value is -4.08. The van der Waals surface area contributed by atoms with Crippen LogP contribution in [0.1, 0.15) is 37.0 Å². The van der Waals surface area contributed by atoms with Gasteiger partial charge >= 0.3 is 0 Å². The molecule has 0 aromatic carbocycles. The first-order chi connectivity index (χ1) is 16.1. The third kappa shape index (κ3) is 3.84. The van der Waals surface area contributed by atoms with Gasteiger partial charge in [0.15, 0.2) is 0 Å². The maximum absolute atomic E-state index is 12.3. The minimum atomic E-state index is -0.279. The van der Waals surface area contributed by atoms with Gasteiger partial charge in [-0.3, -0.25) is 9.48 Å². The summed E-state index contributed by atoms with van der Waals surface area (Å²) in [6, 6.07) is 9.78. The van der Waals surface area contributed by atoms with Crippen molar-refractivity contribution < 1.29 is 9.32 Å². The number of nitrogens with one attached hydrogen (secondary N) is 1. The number of carbonyl (C=O) groups is 1. The molecule has 6 rings (SSSR count). The van der Waals surface area contributed by atoms with Crippen molar-refractivity contribution in [3.63, 3.8) is 0 Å². The number of pyridine rings is 1. The highest BCUT2D eigenvalue weighted by Gasteiger charge is 2.33. The van der Waals surface area contributed by atoms with Gasteiger partial charge < -0.3 is 14.7 Å². The zero-order valence-corrected chi connectivity index (χ0v) is 18.0. The van der Waals surface area contributed by atoms with Gasteiger partial charge in [0, 0.05) is 32.1 Å². The predicted molar refractivity (Wildman–Crippen MR) is 120 cm³/mol. The molecule has 0 bridgehead atoms. The molecule has 4 aromatic rings. The fourth-order valence-corrected chi connectivity index (χ4v) is 4.01. The van der Waals surface area contributed by atoms with Crippen molar-refractivity contribution in [3.05, 3.63) is 54.7 Å². The quantitative estimate of drug-likeness (QED) is 0.483. The average molecular weight is 442 g/mol. The fraction of sp³-hybridized carbons (Fsp3) is 0.304. The molecule has 166 valence electrons. The molecule has 2 fully saturated rings. The van der Waals surface area contributed by atoms with Gasteiger partial charge in [-0.2, -0.15) is 5.10 Å². The number of likely N-dealkylation sites (N-methyl/N-ethyl adjacent to an activating group) is 1. The van der Waals surface area contributed by atoms with Crippen LogP contribution in [-0.2, 0) is 4.79 Å². The lowest BCUT2D eigenvalue weighted by molar-refractivity contribution is -0.128. The second-order valence-corrected chi connectivity index (χ2v) is 8.45. The summed E-state index contributed by atoms with van der Waals surface area (Å²) in [6.45, 7) is 0.721. The van der Waals surface area contributed by atoms with E-state index in [4.69, 9.17) is 9.51 Å². The molecule has 33 heavy (non-hydrogen) atoms. The molecule has 1 unspecified atom stereocenters. The largest absolute Gasteiger partial charge is 0.360 e. The zero-order chi connectivity index (χ0) is 22.4. The number of hydrogen-bond donors (Lipinski definition) is 1. The molecule has 10 heteroatoms. The van der Waals surface area contributed by atoms with Gasteiger partial charge in [0.2, 0.25) is 11.9 Å². The molecule has 1 atom stereocenters. The molecule has 0 spiro atoms. The molecule has 5 heterocycles. The van der Waals surface area contributed by atoms with E-state index < -0.39 is 0 Å². The van der Waals surface area contributed by atoms with E-state index in [1.807, 2.05) is 35.1 Å². The number of rotatable bonds is 6. The van der Waals surface area contributed by atoms with Crippen LogP contribution in [0.2, 0.25) is 0 Å². The average Bonchev–Trinajstić information content (AvgIpc) is 3.22. The van der Waals surface area contributed by atoms with Crippen molar-refractivity contribution in [2.45, 2.75) is 31.2 Å². The van der Waals surface area contributed by atoms with Crippen LogP contribution in [0.3, 0.4) is 0 Å². The van der Waals surface area contributed by atoms with E-state index in [1.54, 1.807) is 30.4 Å². The number of likely N-dealkylation sites (tertiary alicyclic amines) is 1. The van der Waals surface area contributed by atoms with Crippen LogP contribution in [0.4, 0.5) is 11.6 Å². The Labute approximate surface area is 189 Å². The fourth-order valence-electron chi connectivity index (χ4n) is 4.01. The first kappa shape index (κ1) is 19.6. The molecule has 0 radical (unpaired) electrons. The number of aromatic nitrogens is 6. The lowest BCUT2D eigenvalue weighted by atomic mass is 10.0. The summed E-state index contributed by atoms with van der Waals surface area (Å²) in [6.07, 6.45) is 8.53. The van der Waals surface area contributed by atoms with Gasteiger partial charge in [-0.15, -0.1) is 0 Å². The lowest BCUT2D eigenvalue weighted by Crippen LogP contribution is -2.21. The molecular weight excluding hydrogens is 420 g/mol. The van der Waals surface area contributed by atoms with Crippen molar-refractivity contribution >= 4 is 17.5 Å². The molecule has 1 amide bonds. The summed E-state index contributed by atoms with van der Waals surface area (Å²) >= 11 is 0. The van der Waals surface area contributed by atoms with E-state index >= 15 is 0 Å². The summed E-state index contributed by atoms with van der Waals surface area (Å²) < 4.78 is 7.47. The molecule has 4 aromatic heterocycles. The van der Waals surface area contributed by atoms with Crippen LogP contribution < -0.4 is 5.32 Å². The SMILES string of the molecule is CN1CCC(c2cc(-c3cccc(-c4ccnc(Nc5cnn(C6CC6)c5)n4)n3)no2)C1=O. The smallest absolute Gasteiger partial charge is 0.233 e. The van der Waals surface area contributed by atoms with Gasteiger partial charge in [-0.1, -0.05) is 11.2 Å². The zero-order valence-electron chi connectivity index (χ0n) is 18.0. The first-order valence-electron chi connectivity index (χ1n) is 11.0.